The van der Waals surface area contributed by atoms with Crippen molar-refractivity contribution in [2.24, 2.45) is 0 Å². The summed E-state index contributed by atoms with van der Waals surface area (Å²) >= 11 is 3.51. The van der Waals surface area contributed by atoms with E-state index in [1.165, 1.54) is 0 Å². The number of benzene rings is 1. The predicted molar refractivity (Wildman–Crippen MR) is 113 cm³/mol. The Bertz CT molecular complexity index is 880. The van der Waals surface area contributed by atoms with Crippen LogP contribution in [0.1, 0.15) is 6.42 Å². The number of fused-ring (bicyclic) bond motifs is 1. The Morgan fingerprint density at radius 1 is 0.963 bits per heavy atom. The molecule has 0 bridgehead atoms. The van der Waals surface area contributed by atoms with E-state index in [0.717, 1.165) is 72.7 Å². The van der Waals surface area contributed by atoms with Crippen LogP contribution in [0.25, 0.3) is 10.9 Å². The van der Waals surface area contributed by atoms with Crippen molar-refractivity contribution in [3.8, 4) is 0 Å². The first-order valence-corrected chi connectivity index (χ1v) is 10.1. The topological polar surface area (TPSA) is 57.2 Å². The second kappa shape index (κ2) is 8.63. The minimum absolute atomic E-state index is 0.843. The Balaban J connectivity index is 1.23. The maximum absolute atomic E-state index is 4.44. The van der Waals surface area contributed by atoms with Gasteiger partial charge in [0, 0.05) is 66.9 Å². The van der Waals surface area contributed by atoms with Crippen LogP contribution < -0.4 is 10.2 Å². The summed E-state index contributed by atoms with van der Waals surface area (Å²) in [7, 11) is 0. The summed E-state index contributed by atoms with van der Waals surface area (Å²) in [6, 6.07) is 10.1. The number of rotatable bonds is 6. The molecule has 0 saturated carbocycles. The number of aromatic nitrogens is 3. The fraction of sp³-hybridized carbons (Fsp3) is 0.350. The molecule has 140 valence electrons. The molecule has 3 aromatic rings. The molecular formula is C20H23BrN6. The first kappa shape index (κ1) is 18.1. The number of anilines is 2. The van der Waals surface area contributed by atoms with E-state index in [1.807, 2.05) is 24.7 Å². The molecule has 0 spiro atoms. The molecule has 0 radical (unpaired) electrons. The minimum atomic E-state index is 0.843. The fourth-order valence-corrected chi connectivity index (χ4v) is 3.78. The summed E-state index contributed by atoms with van der Waals surface area (Å²) in [5, 5.41) is 4.73. The zero-order chi connectivity index (χ0) is 18.5. The van der Waals surface area contributed by atoms with Crippen LogP contribution in [-0.4, -0.2) is 59.1 Å². The minimum Gasteiger partial charge on any atom is -0.384 e. The summed E-state index contributed by atoms with van der Waals surface area (Å²) in [4.78, 5) is 17.9. The third-order valence-electron chi connectivity index (χ3n) is 4.88. The second-order valence-corrected chi connectivity index (χ2v) is 7.59. The van der Waals surface area contributed by atoms with Crippen molar-refractivity contribution < 1.29 is 0 Å². The van der Waals surface area contributed by atoms with E-state index in [2.05, 4.69) is 70.3 Å². The first-order chi connectivity index (χ1) is 13.3. The Kier molecular flexibility index (Phi) is 5.79. The van der Waals surface area contributed by atoms with Crippen LogP contribution in [0.15, 0.2) is 53.4 Å². The van der Waals surface area contributed by atoms with E-state index in [1.54, 1.807) is 0 Å². The fourth-order valence-electron chi connectivity index (χ4n) is 3.43. The molecule has 1 aliphatic rings. The van der Waals surface area contributed by atoms with E-state index in [-0.39, 0.29) is 0 Å². The van der Waals surface area contributed by atoms with Gasteiger partial charge in [-0.25, -0.2) is 9.97 Å². The molecule has 1 saturated heterocycles. The summed E-state index contributed by atoms with van der Waals surface area (Å²) in [6.45, 7) is 6.15. The molecule has 4 rings (SSSR count). The van der Waals surface area contributed by atoms with Crippen LogP contribution in [0.5, 0.6) is 0 Å². The number of halogens is 1. The van der Waals surface area contributed by atoms with Gasteiger partial charge in [-0.15, -0.1) is 0 Å². The van der Waals surface area contributed by atoms with Gasteiger partial charge in [0.2, 0.25) is 5.95 Å². The monoisotopic (exact) mass is 426 g/mol. The largest absolute Gasteiger partial charge is 0.384 e. The highest BCUT2D eigenvalue weighted by Crippen LogP contribution is 2.24. The first-order valence-electron chi connectivity index (χ1n) is 9.32. The smallest absolute Gasteiger partial charge is 0.225 e. The van der Waals surface area contributed by atoms with Crippen LogP contribution in [0, 0.1) is 0 Å². The van der Waals surface area contributed by atoms with Crippen molar-refractivity contribution in [1.29, 1.82) is 0 Å². The van der Waals surface area contributed by atoms with Crippen molar-refractivity contribution in [2.45, 2.75) is 6.42 Å². The summed E-state index contributed by atoms with van der Waals surface area (Å²) in [5.74, 6) is 0.843. The lowest BCUT2D eigenvalue weighted by atomic mass is 10.2. The number of nitrogens with one attached hydrogen (secondary N) is 1. The molecule has 1 aliphatic heterocycles. The van der Waals surface area contributed by atoms with Gasteiger partial charge in [-0.05, 0) is 43.3 Å². The van der Waals surface area contributed by atoms with Crippen molar-refractivity contribution >= 4 is 38.5 Å². The number of hydrogen-bond donors (Lipinski definition) is 1. The molecular weight excluding hydrogens is 404 g/mol. The van der Waals surface area contributed by atoms with Gasteiger partial charge in [-0.2, -0.15) is 0 Å². The standard InChI is InChI=1S/C20H23BrN6/c21-16-3-4-17-18(5-9-23-19(17)15-16)22-8-2-10-26-11-13-27(14-12-26)20-24-6-1-7-25-20/h1,3-7,9,15H,2,8,10-14H2,(H,22,23). The number of piperazine rings is 1. The molecule has 0 amide bonds. The quantitative estimate of drug-likeness (QED) is 0.609. The van der Waals surface area contributed by atoms with Gasteiger partial charge in [0.25, 0.3) is 0 Å². The van der Waals surface area contributed by atoms with Gasteiger partial charge < -0.3 is 10.2 Å². The molecule has 2 aromatic heterocycles. The van der Waals surface area contributed by atoms with E-state index in [4.69, 9.17) is 0 Å². The maximum atomic E-state index is 4.44. The predicted octanol–water partition coefficient (Wildman–Crippen LogP) is 3.41. The highest BCUT2D eigenvalue weighted by Gasteiger charge is 2.18. The molecule has 6 nitrogen and oxygen atoms in total. The van der Waals surface area contributed by atoms with Gasteiger partial charge in [-0.1, -0.05) is 15.9 Å². The third-order valence-corrected chi connectivity index (χ3v) is 5.37. The van der Waals surface area contributed by atoms with E-state index < -0.39 is 0 Å². The average molecular weight is 427 g/mol. The van der Waals surface area contributed by atoms with Crippen LogP contribution in [-0.2, 0) is 0 Å². The molecule has 0 unspecified atom stereocenters. The molecule has 1 N–H and O–H groups in total. The molecule has 0 aliphatic carbocycles. The highest BCUT2D eigenvalue weighted by molar-refractivity contribution is 9.10. The zero-order valence-corrected chi connectivity index (χ0v) is 16.8. The Hall–Kier alpha value is -2.25. The summed E-state index contributed by atoms with van der Waals surface area (Å²) in [5.41, 5.74) is 2.16. The van der Waals surface area contributed by atoms with Crippen LogP contribution in [0.4, 0.5) is 11.6 Å². The average Bonchev–Trinajstić information content (AvgIpc) is 2.72. The third kappa shape index (κ3) is 4.54. The van der Waals surface area contributed by atoms with Crippen molar-refractivity contribution in [3.63, 3.8) is 0 Å². The van der Waals surface area contributed by atoms with E-state index in [9.17, 15) is 0 Å². The van der Waals surface area contributed by atoms with E-state index >= 15 is 0 Å². The lowest BCUT2D eigenvalue weighted by molar-refractivity contribution is 0.256. The summed E-state index contributed by atoms with van der Waals surface area (Å²) < 4.78 is 1.06. The van der Waals surface area contributed by atoms with Crippen LogP contribution in [0.2, 0.25) is 0 Å². The number of nitrogens with zero attached hydrogens (tertiary/aromatic N) is 5. The van der Waals surface area contributed by atoms with Crippen LogP contribution in [0.3, 0.4) is 0 Å². The van der Waals surface area contributed by atoms with Crippen molar-refractivity contribution in [3.05, 3.63) is 53.4 Å². The summed E-state index contributed by atoms with van der Waals surface area (Å²) in [6.07, 6.45) is 6.59. The normalized spacial score (nSPS) is 15.2. The Labute approximate surface area is 167 Å². The second-order valence-electron chi connectivity index (χ2n) is 6.68. The van der Waals surface area contributed by atoms with Gasteiger partial charge in [0.15, 0.2) is 0 Å². The van der Waals surface area contributed by atoms with Crippen molar-refractivity contribution in [2.75, 3.05) is 49.5 Å². The lowest BCUT2D eigenvalue weighted by Crippen LogP contribution is -2.47. The van der Waals surface area contributed by atoms with Crippen LogP contribution >= 0.6 is 15.9 Å². The van der Waals surface area contributed by atoms with E-state index in [0.29, 0.717) is 0 Å². The number of pyridine rings is 1. The Morgan fingerprint density at radius 3 is 2.59 bits per heavy atom. The van der Waals surface area contributed by atoms with Gasteiger partial charge in [-0.3, -0.25) is 9.88 Å². The molecule has 7 heteroatoms. The molecule has 1 aromatic carbocycles. The number of hydrogen-bond acceptors (Lipinski definition) is 6. The van der Waals surface area contributed by atoms with Gasteiger partial charge >= 0.3 is 0 Å². The lowest BCUT2D eigenvalue weighted by Gasteiger charge is -2.34. The SMILES string of the molecule is Brc1ccc2c(NCCCN3CCN(c4ncccn4)CC3)ccnc2c1. The Morgan fingerprint density at radius 2 is 1.78 bits per heavy atom. The van der Waals surface area contributed by atoms with Gasteiger partial charge in [0.1, 0.15) is 0 Å². The van der Waals surface area contributed by atoms with Crippen molar-refractivity contribution in [1.82, 2.24) is 19.9 Å². The molecule has 3 heterocycles. The zero-order valence-electron chi connectivity index (χ0n) is 15.2. The van der Waals surface area contributed by atoms with Gasteiger partial charge in [0.05, 0.1) is 5.52 Å². The maximum Gasteiger partial charge on any atom is 0.225 e. The molecule has 0 atom stereocenters. The highest BCUT2D eigenvalue weighted by atomic mass is 79.9. The molecule has 27 heavy (non-hydrogen) atoms. The molecule has 1 fully saturated rings.